The number of aliphatic hydroxyl groups is 4. The van der Waals surface area contributed by atoms with Crippen LogP contribution in [0.2, 0.25) is 0 Å². The van der Waals surface area contributed by atoms with Gasteiger partial charge in [0.05, 0.1) is 34.1 Å². The van der Waals surface area contributed by atoms with E-state index in [9.17, 15) is 19.2 Å². The van der Waals surface area contributed by atoms with Crippen molar-refractivity contribution in [2.45, 2.75) is 83.1 Å². The van der Waals surface area contributed by atoms with E-state index in [1.54, 1.807) is 0 Å². The number of fused-ring (bicyclic) bond motifs is 4. The van der Waals surface area contributed by atoms with Crippen LogP contribution in [0.5, 0.6) is 0 Å². The predicted molar refractivity (Wildman–Crippen MR) is 417 cm³/mol. The average Bonchev–Trinajstić information content (AvgIpc) is 0.859. The fourth-order valence-corrected chi connectivity index (χ4v) is 10.2. The maximum absolute atomic E-state index is 10.0. The van der Waals surface area contributed by atoms with Crippen LogP contribution in [-0.2, 0) is 99.6 Å². The van der Waals surface area contributed by atoms with Crippen molar-refractivity contribution in [3.8, 4) is 56.2 Å². The van der Waals surface area contributed by atoms with E-state index in [0.717, 1.165) is 61.6 Å². The van der Waals surface area contributed by atoms with Gasteiger partial charge in [0.1, 0.15) is 0 Å². The molecule has 0 saturated carbocycles. The summed E-state index contributed by atoms with van der Waals surface area (Å²) < 4.78 is 0. The van der Waals surface area contributed by atoms with Crippen molar-refractivity contribution >= 4 is 66.5 Å². The topological polar surface area (TPSA) is 201 Å². The summed E-state index contributed by atoms with van der Waals surface area (Å²) in [6.07, 6.45) is 8.32. The minimum Gasteiger partial charge on any atom is -0.512 e. The van der Waals surface area contributed by atoms with Crippen LogP contribution in [0.4, 0.5) is 0 Å². The van der Waals surface area contributed by atoms with E-state index in [0.29, 0.717) is 0 Å². The number of aryl methyl sites for hydroxylation is 4. The smallest absolute Gasteiger partial charge is 0.155 e. The first-order valence-corrected chi connectivity index (χ1v) is 32.8. The van der Waals surface area contributed by atoms with Crippen LogP contribution < -0.4 is 0 Å². The fourth-order valence-electron chi connectivity index (χ4n) is 10.2. The third-order valence-electron chi connectivity index (χ3n) is 14.4. The summed E-state index contributed by atoms with van der Waals surface area (Å²) in [5.41, 5.74) is 17.4. The Morgan fingerprint density at radius 3 is 1.41 bits per heavy atom. The third-order valence-corrected chi connectivity index (χ3v) is 14.4. The molecule has 0 aliphatic carbocycles. The molecule has 0 unspecified atom stereocenters. The fraction of sp³-hybridized carbons (Fsp3) is 0.133. The molecule has 4 heterocycles. The Hall–Kier alpha value is -9.94. The summed E-state index contributed by atoms with van der Waals surface area (Å²) in [6.45, 7) is 19.8. The molecule has 0 fully saturated rings. The average molecular weight is 2120 g/mol. The van der Waals surface area contributed by atoms with Gasteiger partial charge < -0.3 is 30.4 Å². The Morgan fingerprint density at radius 2 is 0.877 bits per heavy atom. The summed E-state index contributed by atoms with van der Waals surface area (Å²) >= 11 is 0. The molecule has 16 heteroatoms. The van der Waals surface area contributed by atoms with E-state index in [1.165, 1.54) is 140 Å². The number of para-hydroxylation sites is 2. The molecule has 4 radical (unpaired) electrons. The van der Waals surface area contributed by atoms with E-state index >= 15 is 0 Å². The van der Waals surface area contributed by atoms with Gasteiger partial charge in [-0.25, -0.2) is 0 Å². The molecule has 9 aromatic carbocycles. The van der Waals surface area contributed by atoms with Gasteiger partial charge in [-0.3, -0.25) is 29.1 Å². The van der Waals surface area contributed by atoms with E-state index in [2.05, 4.69) is 183 Å². The number of aliphatic hydroxyl groups excluding tert-OH is 4. The second-order valence-corrected chi connectivity index (χ2v) is 23.7. The maximum atomic E-state index is 10.0. The third kappa shape index (κ3) is 31.8. The quantitative estimate of drug-likeness (QED) is 0.0606. The van der Waals surface area contributed by atoms with Crippen LogP contribution in [0, 0.1) is 52.0 Å². The van der Waals surface area contributed by atoms with Crippen molar-refractivity contribution in [1.29, 1.82) is 0 Å². The van der Waals surface area contributed by atoms with Crippen LogP contribution in [0.25, 0.3) is 99.5 Å². The van der Waals surface area contributed by atoms with Gasteiger partial charge in [-0.1, -0.05) is 179 Å². The van der Waals surface area contributed by atoms with Crippen LogP contribution in [0.3, 0.4) is 0 Å². The number of carbonyl (C=O) groups is 4. The largest absolute Gasteiger partial charge is 0.512 e. The molecule has 0 spiro atoms. The first kappa shape index (κ1) is 92.1. The van der Waals surface area contributed by atoms with Crippen molar-refractivity contribution in [2.75, 3.05) is 0 Å². The minimum atomic E-state index is -0.125. The van der Waals surface area contributed by atoms with Gasteiger partial charge in [0, 0.05) is 123 Å². The number of hydrogen-bond donors (Lipinski definition) is 4. The van der Waals surface area contributed by atoms with Crippen molar-refractivity contribution in [3.63, 3.8) is 0 Å². The van der Waals surface area contributed by atoms with Gasteiger partial charge in [0.25, 0.3) is 0 Å². The molecule has 13 rings (SSSR count). The summed E-state index contributed by atoms with van der Waals surface area (Å²) in [5, 5.41) is 40.6. The van der Waals surface area contributed by atoms with E-state index in [4.69, 9.17) is 30.4 Å². The van der Waals surface area contributed by atoms with Gasteiger partial charge in [0.2, 0.25) is 0 Å². The molecule has 0 aliphatic rings. The molecular formula is C90H84Ir4N4O8-4. The normalized spacial score (nSPS) is 10.5. The Kier molecular flexibility index (Phi) is 41.9. The van der Waals surface area contributed by atoms with Crippen LogP contribution in [0.15, 0.2) is 290 Å². The molecule has 0 amide bonds. The van der Waals surface area contributed by atoms with Gasteiger partial charge in [-0.2, -0.15) is 0 Å². The zero-order chi connectivity index (χ0) is 74.1. The van der Waals surface area contributed by atoms with Crippen LogP contribution in [0.1, 0.15) is 77.6 Å². The molecule has 0 saturated heterocycles. The number of pyridine rings is 4. The van der Waals surface area contributed by atoms with Crippen molar-refractivity contribution in [2.24, 2.45) is 0 Å². The Labute approximate surface area is 676 Å². The Balaban J connectivity index is 0.000000428. The van der Waals surface area contributed by atoms with Crippen LogP contribution >= 0.6 is 0 Å². The minimum absolute atomic E-state index is 0. The first-order chi connectivity index (χ1) is 48.8. The number of nitrogens with zero attached hydrogens (tertiary/aromatic N) is 4. The molecule has 4 N–H and O–H groups in total. The molecule has 106 heavy (non-hydrogen) atoms. The van der Waals surface area contributed by atoms with Gasteiger partial charge in [-0.05, 0) is 130 Å². The number of allylic oxidation sites excluding steroid dienone is 8. The molecule has 0 atom stereocenters. The number of rotatable bonds is 9. The second-order valence-electron chi connectivity index (χ2n) is 23.7. The number of aromatic nitrogens is 4. The molecule has 4 aromatic heterocycles. The number of ketones is 4. The van der Waals surface area contributed by atoms with Crippen molar-refractivity contribution in [3.05, 3.63) is 337 Å². The molecule has 12 nitrogen and oxygen atoms in total. The number of benzene rings is 9. The zero-order valence-electron chi connectivity index (χ0n) is 60.9. The summed E-state index contributed by atoms with van der Waals surface area (Å²) in [4.78, 5) is 58.5. The Morgan fingerprint density at radius 1 is 0.368 bits per heavy atom. The Bertz CT molecular complexity index is 4830. The summed E-state index contributed by atoms with van der Waals surface area (Å²) in [5.74, 6) is -0.250. The van der Waals surface area contributed by atoms with Crippen molar-refractivity contribution in [1.82, 2.24) is 19.9 Å². The standard InChI is InChI=1S/C23H18N.C17H14N.2C15H10N.4C5H8O2.4Ir/c1-16-12-13-19(14-17(16)2)23-15-21(18-8-4-3-5-9-18)20-10-6-7-11-22(20)24-23;1-12-9-13(2)11-15(10-12)17-8-7-14-5-3-4-6-16(14)18-17;1-2-8-13-12(6-1)7-5-9-14(13)15-10-3-4-11-16-15;1-2-7-13(8-3-1)15-14-9-5-4-6-12(14)10-11-16-15;4*1-4(6)3-5(2)7;;;;/h3-13,15H,1-2H3;3-10H,1-2H3;1-8,10-11H;1-7,9-11H;4*3,6H,1-2H3;;;;/q4*-1;;;;;;;;. The van der Waals surface area contributed by atoms with Gasteiger partial charge in [0.15, 0.2) is 23.1 Å². The van der Waals surface area contributed by atoms with E-state index in [-0.39, 0.29) is 127 Å². The summed E-state index contributed by atoms with van der Waals surface area (Å²) in [7, 11) is 0. The van der Waals surface area contributed by atoms with Gasteiger partial charge >= 0.3 is 0 Å². The molecule has 13 aromatic rings. The van der Waals surface area contributed by atoms with E-state index < -0.39 is 0 Å². The predicted octanol–water partition coefficient (Wildman–Crippen LogP) is 21.8. The first-order valence-electron chi connectivity index (χ1n) is 32.8. The SMILES string of the molecule is CC(=O)C=C(C)O.CC(=O)C=C(C)O.CC(=O)C=C(C)O.CC(=O)C=C(C)O.Cc1[c-]c(-c2cc(-c3ccccc3)c3ccccc3n2)ccc1C.Cc1[c-]c(-c2ccc3ccccc3n2)cc(C)c1.[Ir].[Ir].[Ir].[Ir].[c-]1ccc2ccccc2c1-c1ccccn1.[c-]1ccccc1-c1nccc2ccccc12. The van der Waals surface area contributed by atoms with Gasteiger partial charge in [-0.15, -0.1) is 135 Å². The van der Waals surface area contributed by atoms with Crippen LogP contribution in [-0.4, -0.2) is 63.5 Å². The zero-order valence-corrected chi connectivity index (χ0v) is 70.5. The van der Waals surface area contributed by atoms with Crippen molar-refractivity contribution < 1.29 is 120 Å². The second kappa shape index (κ2) is 48.2. The van der Waals surface area contributed by atoms with E-state index in [1.807, 2.05) is 122 Å². The molecule has 0 aliphatic heterocycles. The number of hydrogen-bond acceptors (Lipinski definition) is 12. The number of carbonyl (C=O) groups excluding carboxylic acids is 4. The molecular weight excluding hydrogens is 2030 g/mol. The molecule has 552 valence electrons. The molecule has 0 bridgehead atoms. The summed E-state index contributed by atoms with van der Waals surface area (Å²) in [6, 6.07) is 91.7. The maximum Gasteiger partial charge on any atom is 0.155 e. The monoisotopic (exact) mass is 2120 g/mol.